The van der Waals surface area contributed by atoms with Gasteiger partial charge >= 0.3 is 0 Å². The predicted octanol–water partition coefficient (Wildman–Crippen LogP) is 2.63. The maximum Gasteiger partial charge on any atom is 0.233 e. The molecule has 4 heterocycles. The van der Waals surface area contributed by atoms with Crippen molar-refractivity contribution in [2.45, 2.75) is 18.3 Å². The fraction of sp³-hybridized carbons (Fsp3) is 0.429. The molecule has 5 rings (SSSR count). The molecular formula is C21H23Cl2N7O. The van der Waals surface area contributed by atoms with E-state index in [0.717, 1.165) is 42.8 Å². The summed E-state index contributed by atoms with van der Waals surface area (Å²) >= 11 is 12.4. The fourth-order valence-corrected chi connectivity index (χ4v) is 4.99. The Bertz CT molecular complexity index is 1100. The van der Waals surface area contributed by atoms with Crippen molar-refractivity contribution in [3.63, 3.8) is 0 Å². The molecule has 0 unspecified atom stereocenters. The molecule has 0 bridgehead atoms. The first-order valence-corrected chi connectivity index (χ1v) is 11.2. The van der Waals surface area contributed by atoms with E-state index in [-0.39, 0.29) is 5.91 Å². The van der Waals surface area contributed by atoms with Crippen molar-refractivity contribution in [2.75, 3.05) is 44.2 Å². The van der Waals surface area contributed by atoms with E-state index in [9.17, 15) is 4.79 Å². The number of carbonyl (C=O) groups is 1. The SMILES string of the molecule is O=C(N1CCN(c2ncnc3nc[nH]c23)CC1)C1(c2ccc(Cl)c(Cl)c2)CCNCC1. The first-order valence-electron chi connectivity index (χ1n) is 10.4. The number of aromatic nitrogens is 4. The molecule has 2 N–H and O–H groups in total. The number of aromatic amines is 1. The van der Waals surface area contributed by atoms with Crippen LogP contribution in [0.4, 0.5) is 5.82 Å². The van der Waals surface area contributed by atoms with Gasteiger partial charge in [0, 0.05) is 26.2 Å². The van der Waals surface area contributed by atoms with E-state index in [4.69, 9.17) is 23.2 Å². The third-order valence-corrected chi connectivity index (χ3v) is 7.15. The van der Waals surface area contributed by atoms with Crippen LogP contribution in [0.2, 0.25) is 10.0 Å². The van der Waals surface area contributed by atoms with Crippen molar-refractivity contribution in [1.29, 1.82) is 0 Å². The molecular weight excluding hydrogens is 437 g/mol. The highest BCUT2D eigenvalue weighted by molar-refractivity contribution is 6.42. The smallest absolute Gasteiger partial charge is 0.233 e. The van der Waals surface area contributed by atoms with E-state index in [0.29, 0.717) is 41.9 Å². The lowest BCUT2D eigenvalue weighted by Gasteiger charge is -2.43. The monoisotopic (exact) mass is 459 g/mol. The van der Waals surface area contributed by atoms with E-state index in [2.05, 4.69) is 30.2 Å². The predicted molar refractivity (Wildman–Crippen MR) is 121 cm³/mol. The molecule has 0 saturated carbocycles. The average molecular weight is 460 g/mol. The lowest BCUT2D eigenvalue weighted by molar-refractivity contribution is -0.139. The molecule has 2 aliphatic rings. The van der Waals surface area contributed by atoms with Crippen molar-refractivity contribution in [3.8, 4) is 0 Å². The molecule has 0 spiro atoms. The zero-order valence-corrected chi connectivity index (χ0v) is 18.5. The van der Waals surface area contributed by atoms with Gasteiger partial charge in [-0.25, -0.2) is 15.0 Å². The van der Waals surface area contributed by atoms with E-state index >= 15 is 0 Å². The van der Waals surface area contributed by atoms with Crippen LogP contribution in [0.1, 0.15) is 18.4 Å². The second-order valence-corrected chi connectivity index (χ2v) is 8.85. The molecule has 2 saturated heterocycles. The number of imidazole rings is 1. The van der Waals surface area contributed by atoms with Crippen LogP contribution >= 0.6 is 23.2 Å². The van der Waals surface area contributed by atoms with Crippen LogP contribution in [0.15, 0.2) is 30.9 Å². The fourth-order valence-electron chi connectivity index (χ4n) is 4.69. The number of piperazine rings is 1. The summed E-state index contributed by atoms with van der Waals surface area (Å²) < 4.78 is 0. The molecule has 162 valence electrons. The third kappa shape index (κ3) is 3.62. The summed E-state index contributed by atoms with van der Waals surface area (Å²) in [6.07, 6.45) is 4.64. The van der Waals surface area contributed by atoms with Crippen LogP contribution in [0.25, 0.3) is 11.2 Å². The summed E-state index contributed by atoms with van der Waals surface area (Å²) in [6.45, 7) is 4.26. The highest BCUT2D eigenvalue weighted by Crippen LogP contribution is 2.38. The van der Waals surface area contributed by atoms with Crippen LogP contribution in [0.3, 0.4) is 0 Å². The van der Waals surface area contributed by atoms with Crippen molar-refractivity contribution in [3.05, 3.63) is 46.5 Å². The number of benzene rings is 1. The topological polar surface area (TPSA) is 90.0 Å². The number of hydrogen-bond donors (Lipinski definition) is 2. The maximum atomic E-state index is 13.8. The maximum absolute atomic E-state index is 13.8. The number of nitrogens with zero attached hydrogens (tertiary/aromatic N) is 5. The molecule has 1 aromatic carbocycles. The second kappa shape index (κ2) is 8.26. The zero-order chi connectivity index (χ0) is 21.4. The molecule has 2 aliphatic heterocycles. The van der Waals surface area contributed by atoms with Gasteiger partial charge in [-0.1, -0.05) is 29.3 Å². The highest BCUT2D eigenvalue weighted by atomic mass is 35.5. The average Bonchev–Trinajstić information content (AvgIpc) is 3.30. The lowest BCUT2D eigenvalue weighted by Crippen LogP contribution is -2.57. The Morgan fingerprint density at radius 1 is 1.00 bits per heavy atom. The summed E-state index contributed by atoms with van der Waals surface area (Å²) in [5.41, 5.74) is 1.85. The normalized spacial score (nSPS) is 19.0. The first kappa shape index (κ1) is 20.5. The third-order valence-electron chi connectivity index (χ3n) is 6.41. The zero-order valence-electron chi connectivity index (χ0n) is 16.9. The minimum atomic E-state index is -0.576. The Labute approximate surface area is 190 Å². The van der Waals surface area contributed by atoms with Gasteiger partial charge in [0.1, 0.15) is 11.8 Å². The minimum absolute atomic E-state index is 0.168. The van der Waals surface area contributed by atoms with Crippen molar-refractivity contribution in [1.82, 2.24) is 30.2 Å². The van der Waals surface area contributed by atoms with Gasteiger partial charge in [0.25, 0.3) is 0 Å². The van der Waals surface area contributed by atoms with Gasteiger partial charge in [0.2, 0.25) is 5.91 Å². The largest absolute Gasteiger partial charge is 0.351 e. The van der Waals surface area contributed by atoms with Gasteiger partial charge in [-0.05, 0) is 43.6 Å². The Morgan fingerprint density at radius 3 is 2.52 bits per heavy atom. The van der Waals surface area contributed by atoms with Crippen molar-refractivity contribution < 1.29 is 4.79 Å². The van der Waals surface area contributed by atoms with Crippen molar-refractivity contribution >= 4 is 46.1 Å². The number of piperidine rings is 1. The first-order chi connectivity index (χ1) is 15.1. The van der Waals surface area contributed by atoms with Gasteiger partial charge in [0.15, 0.2) is 11.5 Å². The molecule has 10 heteroatoms. The number of amides is 1. The number of carbonyl (C=O) groups excluding carboxylic acids is 1. The molecule has 0 aliphatic carbocycles. The van der Waals surface area contributed by atoms with E-state index < -0.39 is 5.41 Å². The summed E-state index contributed by atoms with van der Waals surface area (Å²) in [7, 11) is 0. The molecule has 2 aromatic heterocycles. The molecule has 8 nitrogen and oxygen atoms in total. The van der Waals surface area contributed by atoms with E-state index in [1.54, 1.807) is 12.4 Å². The van der Waals surface area contributed by atoms with Gasteiger partial charge < -0.3 is 20.1 Å². The van der Waals surface area contributed by atoms with Gasteiger partial charge in [0.05, 0.1) is 21.8 Å². The number of halogens is 2. The summed E-state index contributed by atoms with van der Waals surface area (Å²) in [4.78, 5) is 34.0. The Morgan fingerprint density at radius 2 is 1.77 bits per heavy atom. The lowest BCUT2D eigenvalue weighted by atomic mass is 9.72. The van der Waals surface area contributed by atoms with Crippen LogP contribution in [-0.2, 0) is 10.2 Å². The van der Waals surface area contributed by atoms with Crippen LogP contribution in [0, 0.1) is 0 Å². The number of hydrogen-bond acceptors (Lipinski definition) is 6. The standard InChI is InChI=1S/C21H23Cl2N7O/c22-15-2-1-14(11-16(15)23)21(3-5-24-6-4-21)20(31)30-9-7-29(8-10-30)19-17-18(26-12-25-17)27-13-28-19/h1-2,11-13,24H,3-10H2,(H,25,26,27,28). The molecule has 1 amide bonds. The summed E-state index contributed by atoms with van der Waals surface area (Å²) in [6, 6.07) is 5.60. The van der Waals surface area contributed by atoms with Crippen LogP contribution in [0.5, 0.6) is 0 Å². The Balaban J connectivity index is 1.37. The second-order valence-electron chi connectivity index (χ2n) is 8.04. The van der Waals surface area contributed by atoms with Gasteiger partial charge in [-0.2, -0.15) is 0 Å². The number of fused-ring (bicyclic) bond motifs is 1. The number of anilines is 1. The van der Waals surface area contributed by atoms with Gasteiger partial charge in [-0.3, -0.25) is 4.79 Å². The molecule has 0 radical (unpaired) electrons. The number of H-pyrrole nitrogens is 1. The minimum Gasteiger partial charge on any atom is -0.351 e. The van der Waals surface area contributed by atoms with Gasteiger partial charge in [-0.15, -0.1) is 0 Å². The molecule has 2 fully saturated rings. The summed E-state index contributed by atoms with van der Waals surface area (Å²) in [5.74, 6) is 0.997. The van der Waals surface area contributed by atoms with E-state index in [1.807, 2.05) is 17.0 Å². The summed E-state index contributed by atoms with van der Waals surface area (Å²) in [5, 5.41) is 4.37. The van der Waals surface area contributed by atoms with E-state index in [1.165, 1.54) is 6.33 Å². The quantitative estimate of drug-likeness (QED) is 0.625. The van der Waals surface area contributed by atoms with Crippen LogP contribution in [-0.4, -0.2) is 70.0 Å². The number of nitrogens with one attached hydrogen (secondary N) is 2. The highest BCUT2D eigenvalue weighted by Gasteiger charge is 2.44. The van der Waals surface area contributed by atoms with Crippen LogP contribution < -0.4 is 10.2 Å². The Hall–Kier alpha value is -2.42. The molecule has 0 atom stereocenters. The number of rotatable bonds is 3. The van der Waals surface area contributed by atoms with Crippen molar-refractivity contribution in [2.24, 2.45) is 0 Å². The molecule has 3 aromatic rings. The Kier molecular flexibility index (Phi) is 5.45. The molecule has 31 heavy (non-hydrogen) atoms.